The smallest absolute Gasteiger partial charge is 0.327 e. The van der Waals surface area contributed by atoms with E-state index in [4.69, 9.17) is 10.8 Å². The summed E-state index contributed by atoms with van der Waals surface area (Å²) in [4.78, 5) is 48.7. The predicted octanol–water partition coefficient (Wildman–Crippen LogP) is -0.195. The Balaban J connectivity index is 5.25. The zero-order valence-electron chi connectivity index (χ0n) is 17.3. The quantitative estimate of drug-likeness (QED) is 0.193. The zero-order valence-corrected chi connectivity index (χ0v) is 19.1. The van der Waals surface area contributed by atoms with Gasteiger partial charge in [0.2, 0.25) is 17.7 Å². The van der Waals surface area contributed by atoms with E-state index in [9.17, 15) is 19.2 Å². The number of carbonyl (C=O) groups is 4. The molecule has 0 spiro atoms. The van der Waals surface area contributed by atoms with Gasteiger partial charge in [0.05, 0.1) is 6.04 Å². The van der Waals surface area contributed by atoms with Crippen molar-refractivity contribution < 1.29 is 24.3 Å². The highest BCUT2D eigenvalue weighted by atomic mass is 32.1. The van der Waals surface area contributed by atoms with Gasteiger partial charge in [0.1, 0.15) is 18.1 Å². The molecular weight excluding hydrogens is 416 g/mol. The Morgan fingerprint density at radius 3 is 1.72 bits per heavy atom. The molecule has 9 nitrogen and oxygen atoms in total. The topological polar surface area (TPSA) is 151 Å². The summed E-state index contributed by atoms with van der Waals surface area (Å²) >= 11 is 8.03. The largest absolute Gasteiger partial charge is 0.480 e. The summed E-state index contributed by atoms with van der Waals surface area (Å²) < 4.78 is 0. The Kier molecular flexibility index (Phi) is 13.0. The monoisotopic (exact) mass is 450 g/mol. The minimum Gasteiger partial charge on any atom is -0.480 e. The van der Waals surface area contributed by atoms with Crippen LogP contribution in [0.4, 0.5) is 0 Å². The first-order valence-electron chi connectivity index (χ1n) is 9.65. The van der Waals surface area contributed by atoms with Crippen LogP contribution in [-0.2, 0) is 19.2 Å². The van der Waals surface area contributed by atoms with Gasteiger partial charge < -0.3 is 26.8 Å². The summed E-state index contributed by atoms with van der Waals surface area (Å²) in [5.41, 5.74) is 5.90. The molecule has 0 aromatic rings. The molecule has 0 fully saturated rings. The Hall–Kier alpha value is -1.46. The summed E-state index contributed by atoms with van der Waals surface area (Å²) in [6.07, 6.45) is 1.27. The van der Waals surface area contributed by atoms with Crippen LogP contribution in [0.3, 0.4) is 0 Å². The second kappa shape index (κ2) is 13.7. The number of carboxylic acid groups (broad SMARTS) is 1. The second-order valence-electron chi connectivity index (χ2n) is 7.11. The lowest BCUT2D eigenvalue weighted by Gasteiger charge is -2.27. The summed E-state index contributed by atoms with van der Waals surface area (Å²) in [5.74, 6) is -3.34. The third-order valence-corrected chi connectivity index (χ3v) is 5.70. The van der Waals surface area contributed by atoms with Gasteiger partial charge in [-0.15, -0.1) is 0 Å². The van der Waals surface area contributed by atoms with Crippen LogP contribution in [0, 0.1) is 11.8 Å². The van der Waals surface area contributed by atoms with Gasteiger partial charge in [-0.05, 0) is 11.8 Å². The Labute approximate surface area is 183 Å². The van der Waals surface area contributed by atoms with E-state index in [2.05, 4.69) is 41.2 Å². The van der Waals surface area contributed by atoms with Crippen LogP contribution in [0.5, 0.6) is 0 Å². The van der Waals surface area contributed by atoms with E-state index in [1.54, 1.807) is 6.92 Å². The van der Waals surface area contributed by atoms with Crippen LogP contribution in [0.2, 0.25) is 0 Å². The molecule has 0 aromatic carbocycles. The average molecular weight is 451 g/mol. The minimum atomic E-state index is -1.22. The van der Waals surface area contributed by atoms with Gasteiger partial charge in [0, 0.05) is 11.5 Å². The molecule has 29 heavy (non-hydrogen) atoms. The molecule has 0 aliphatic carbocycles. The lowest BCUT2D eigenvalue weighted by Crippen LogP contribution is -2.59. The number of hydrogen-bond donors (Lipinski definition) is 7. The SMILES string of the molecule is CCC(C)C(N)C(=O)NC(CS)C(=O)NC(C(=O)NC(CS)C(=O)O)C(C)CC. The van der Waals surface area contributed by atoms with Crippen LogP contribution < -0.4 is 21.7 Å². The van der Waals surface area contributed by atoms with Gasteiger partial charge in [-0.2, -0.15) is 25.3 Å². The maximum absolute atomic E-state index is 12.7. The van der Waals surface area contributed by atoms with Crippen LogP contribution in [0.15, 0.2) is 0 Å². The molecule has 0 saturated heterocycles. The molecule has 168 valence electrons. The van der Waals surface area contributed by atoms with Gasteiger partial charge in [-0.1, -0.05) is 40.5 Å². The molecular formula is C18H34N4O5S2. The van der Waals surface area contributed by atoms with Gasteiger partial charge in [0.15, 0.2) is 0 Å². The molecule has 6 N–H and O–H groups in total. The van der Waals surface area contributed by atoms with Crippen LogP contribution in [0.1, 0.15) is 40.5 Å². The third kappa shape index (κ3) is 8.83. The number of rotatable bonds is 13. The summed E-state index contributed by atoms with van der Waals surface area (Å²) in [6.45, 7) is 7.34. The van der Waals surface area contributed by atoms with Gasteiger partial charge >= 0.3 is 5.97 Å². The highest BCUT2D eigenvalue weighted by Crippen LogP contribution is 2.10. The molecule has 0 saturated carbocycles. The summed E-state index contributed by atoms with van der Waals surface area (Å²) in [7, 11) is 0. The van der Waals surface area contributed by atoms with Crippen molar-refractivity contribution in [2.45, 2.75) is 64.7 Å². The predicted molar refractivity (Wildman–Crippen MR) is 118 cm³/mol. The van der Waals surface area contributed by atoms with Crippen molar-refractivity contribution in [1.29, 1.82) is 0 Å². The summed E-state index contributed by atoms with van der Waals surface area (Å²) in [5, 5.41) is 16.6. The third-order valence-electron chi connectivity index (χ3n) is 4.97. The number of thiol groups is 2. The number of nitrogens with one attached hydrogen (secondary N) is 3. The first kappa shape index (κ1) is 27.5. The van der Waals surface area contributed by atoms with Crippen LogP contribution >= 0.6 is 25.3 Å². The van der Waals surface area contributed by atoms with Gasteiger partial charge in [-0.25, -0.2) is 4.79 Å². The standard InChI is InChI=1S/C18H34N4O5S2/c1-5-9(3)13(19)16(24)20-11(7-28)15(23)22-14(10(4)6-2)17(25)21-12(8-29)18(26)27/h9-14,28-29H,5-8,19H2,1-4H3,(H,20,24)(H,21,25)(H,22,23)(H,26,27). The molecule has 6 atom stereocenters. The second-order valence-corrected chi connectivity index (χ2v) is 7.84. The maximum Gasteiger partial charge on any atom is 0.327 e. The normalized spacial score (nSPS) is 17.2. The minimum absolute atomic E-state index is 0.00797. The number of hydrogen-bond acceptors (Lipinski definition) is 7. The Morgan fingerprint density at radius 1 is 0.828 bits per heavy atom. The number of aliphatic carboxylic acids is 1. The maximum atomic E-state index is 12.7. The van der Waals surface area contributed by atoms with E-state index in [0.29, 0.717) is 12.8 Å². The molecule has 0 heterocycles. The molecule has 11 heteroatoms. The number of carboxylic acids is 1. The lowest BCUT2D eigenvalue weighted by molar-refractivity contribution is -0.142. The van der Waals surface area contributed by atoms with Gasteiger partial charge in [-0.3, -0.25) is 14.4 Å². The average Bonchev–Trinajstić information content (AvgIpc) is 2.71. The molecule has 0 radical (unpaired) electrons. The number of amides is 3. The Bertz CT molecular complexity index is 578. The van der Waals surface area contributed by atoms with E-state index in [0.717, 1.165) is 0 Å². The highest BCUT2D eigenvalue weighted by Gasteiger charge is 2.32. The fourth-order valence-corrected chi connectivity index (χ4v) is 2.88. The van der Waals surface area contributed by atoms with Crippen molar-refractivity contribution in [3.63, 3.8) is 0 Å². The molecule has 3 amide bonds. The highest BCUT2D eigenvalue weighted by molar-refractivity contribution is 7.80. The molecule has 6 unspecified atom stereocenters. The van der Waals surface area contributed by atoms with Crippen molar-refractivity contribution in [3.05, 3.63) is 0 Å². The molecule has 0 aliphatic heterocycles. The van der Waals surface area contributed by atoms with E-state index in [-0.39, 0.29) is 23.3 Å². The van der Waals surface area contributed by atoms with Crippen molar-refractivity contribution in [1.82, 2.24) is 16.0 Å². The van der Waals surface area contributed by atoms with Crippen molar-refractivity contribution in [2.75, 3.05) is 11.5 Å². The van der Waals surface area contributed by atoms with Crippen molar-refractivity contribution >= 4 is 48.9 Å². The van der Waals surface area contributed by atoms with E-state index in [1.807, 2.05) is 20.8 Å². The van der Waals surface area contributed by atoms with E-state index < -0.39 is 47.9 Å². The first-order chi connectivity index (χ1) is 13.5. The van der Waals surface area contributed by atoms with Crippen LogP contribution in [0.25, 0.3) is 0 Å². The summed E-state index contributed by atoms with van der Waals surface area (Å²) in [6, 6.07) is -3.91. The van der Waals surface area contributed by atoms with Crippen molar-refractivity contribution in [3.8, 4) is 0 Å². The molecule has 0 bridgehead atoms. The molecule has 0 rings (SSSR count). The number of carbonyl (C=O) groups excluding carboxylic acids is 3. The fourth-order valence-electron chi connectivity index (χ4n) is 2.38. The van der Waals surface area contributed by atoms with Gasteiger partial charge in [0.25, 0.3) is 0 Å². The number of nitrogens with two attached hydrogens (primary N) is 1. The molecule has 0 aliphatic rings. The fraction of sp³-hybridized carbons (Fsp3) is 0.778. The molecule has 0 aromatic heterocycles. The van der Waals surface area contributed by atoms with Crippen LogP contribution in [-0.4, -0.2) is 64.5 Å². The lowest BCUT2D eigenvalue weighted by atomic mass is 9.97. The zero-order chi connectivity index (χ0) is 22.7. The Morgan fingerprint density at radius 2 is 1.31 bits per heavy atom. The van der Waals surface area contributed by atoms with Crippen molar-refractivity contribution in [2.24, 2.45) is 17.6 Å². The van der Waals surface area contributed by atoms with E-state index in [1.165, 1.54) is 0 Å². The van der Waals surface area contributed by atoms with E-state index >= 15 is 0 Å². The first-order valence-corrected chi connectivity index (χ1v) is 10.9.